The van der Waals surface area contributed by atoms with Gasteiger partial charge in [-0.15, -0.1) is 0 Å². The van der Waals surface area contributed by atoms with Crippen LogP contribution < -0.4 is 5.32 Å². The molecular weight excluding hydrogens is 476 g/mol. The lowest BCUT2D eigenvalue weighted by molar-refractivity contribution is 0.0662. The minimum Gasteiger partial charge on any atom is -0.381 e. The molecule has 0 radical (unpaired) electrons. The van der Waals surface area contributed by atoms with Gasteiger partial charge in [0.25, 0.3) is 0 Å². The van der Waals surface area contributed by atoms with Gasteiger partial charge in [0.15, 0.2) is 0 Å². The van der Waals surface area contributed by atoms with Gasteiger partial charge in [0.05, 0.1) is 29.4 Å². The highest BCUT2D eigenvalue weighted by Crippen LogP contribution is 2.32. The molecule has 0 amide bonds. The van der Waals surface area contributed by atoms with Gasteiger partial charge in [-0.2, -0.15) is 15.3 Å². The predicted octanol–water partition coefficient (Wildman–Crippen LogP) is 5.73. The minimum absolute atomic E-state index is 0.328. The summed E-state index contributed by atoms with van der Waals surface area (Å²) in [5.41, 5.74) is 5.37. The lowest BCUT2D eigenvalue weighted by Crippen LogP contribution is -2.19. The molecule has 0 saturated carbocycles. The van der Waals surface area contributed by atoms with Crippen LogP contribution in [0.25, 0.3) is 38.9 Å². The number of anilines is 2. The monoisotopic (exact) mass is 500 g/mol. The van der Waals surface area contributed by atoms with Gasteiger partial charge in [0, 0.05) is 71.1 Å². The minimum atomic E-state index is 0.328. The molecule has 7 rings (SSSR count). The average molecular weight is 501 g/mol. The van der Waals surface area contributed by atoms with Crippen molar-refractivity contribution in [2.45, 2.75) is 18.9 Å². The number of ether oxygens (including phenoxy) is 1. The predicted molar refractivity (Wildman–Crippen MR) is 145 cm³/mol. The van der Waals surface area contributed by atoms with Crippen LogP contribution in [-0.4, -0.2) is 42.5 Å². The summed E-state index contributed by atoms with van der Waals surface area (Å²) in [6.07, 6.45) is 11.6. The number of fused-ring (bicyclic) bond motifs is 2. The molecule has 6 aromatic rings. The van der Waals surface area contributed by atoms with Crippen LogP contribution in [0, 0.1) is 11.3 Å². The molecule has 0 unspecified atom stereocenters. The molecule has 2 aromatic carbocycles. The fourth-order valence-electron chi connectivity index (χ4n) is 5.08. The zero-order valence-electron chi connectivity index (χ0n) is 20.5. The van der Waals surface area contributed by atoms with Crippen LogP contribution in [0.3, 0.4) is 0 Å². The Balaban J connectivity index is 1.31. The van der Waals surface area contributed by atoms with E-state index in [1.165, 1.54) is 0 Å². The molecule has 186 valence electrons. The van der Waals surface area contributed by atoms with Crippen molar-refractivity contribution in [3.05, 3.63) is 85.1 Å². The molecule has 0 bridgehead atoms. The number of aromatic nitrogens is 6. The van der Waals surface area contributed by atoms with Crippen molar-refractivity contribution < 1.29 is 4.74 Å². The molecule has 1 saturated heterocycles. The summed E-state index contributed by atoms with van der Waals surface area (Å²) in [6.45, 7) is 1.51. The van der Waals surface area contributed by atoms with Gasteiger partial charge in [-0.25, -0.2) is 4.98 Å². The Bertz CT molecular complexity index is 1820. The molecule has 1 fully saturated rings. The SMILES string of the molecule is N#Cc1ccc2c(ccn2-c2ncc(-c3cnn(C4CCOCC4)c3)c(Nc3ccc4[nH]ccc4c3)n2)c1. The van der Waals surface area contributed by atoms with Crippen LogP contribution in [0.4, 0.5) is 11.5 Å². The van der Waals surface area contributed by atoms with E-state index in [0.29, 0.717) is 23.4 Å². The second kappa shape index (κ2) is 9.18. The van der Waals surface area contributed by atoms with Gasteiger partial charge in [-0.1, -0.05) is 0 Å². The second-order valence-electron chi connectivity index (χ2n) is 9.46. The van der Waals surface area contributed by atoms with E-state index in [1.807, 2.05) is 70.4 Å². The Hall–Kier alpha value is -4.94. The quantitative estimate of drug-likeness (QED) is 0.313. The number of benzene rings is 2. The Kier molecular flexibility index (Phi) is 5.38. The van der Waals surface area contributed by atoms with Gasteiger partial charge >= 0.3 is 0 Å². The fraction of sp³-hybridized carbons (Fsp3) is 0.172. The summed E-state index contributed by atoms with van der Waals surface area (Å²) in [5.74, 6) is 1.22. The molecule has 1 aliphatic heterocycles. The van der Waals surface area contributed by atoms with E-state index in [1.54, 1.807) is 0 Å². The average Bonchev–Trinajstić information content (AvgIpc) is 3.73. The number of hydrogen-bond acceptors (Lipinski definition) is 6. The second-order valence-corrected chi connectivity index (χ2v) is 9.46. The number of aromatic amines is 1. The van der Waals surface area contributed by atoms with Crippen molar-refractivity contribution in [1.82, 2.24) is 29.3 Å². The van der Waals surface area contributed by atoms with Gasteiger partial charge in [0.2, 0.25) is 5.95 Å². The normalized spacial score (nSPS) is 14.2. The summed E-state index contributed by atoms with van der Waals surface area (Å²) in [6, 6.07) is 18.3. The van der Waals surface area contributed by atoms with E-state index in [9.17, 15) is 5.26 Å². The van der Waals surface area contributed by atoms with Crippen molar-refractivity contribution in [2.75, 3.05) is 18.5 Å². The van der Waals surface area contributed by atoms with E-state index >= 15 is 0 Å². The summed E-state index contributed by atoms with van der Waals surface area (Å²) in [7, 11) is 0. The first-order chi connectivity index (χ1) is 18.7. The third-order valence-corrected chi connectivity index (χ3v) is 7.10. The smallest absolute Gasteiger partial charge is 0.236 e. The Morgan fingerprint density at radius 2 is 1.95 bits per heavy atom. The molecular formula is C29H24N8O. The number of nitrogens with zero attached hydrogens (tertiary/aromatic N) is 6. The van der Waals surface area contributed by atoms with Gasteiger partial charge < -0.3 is 15.0 Å². The number of nitrogens with one attached hydrogen (secondary N) is 2. The Labute approximate surface area is 218 Å². The van der Waals surface area contributed by atoms with Crippen molar-refractivity contribution in [3.8, 4) is 23.1 Å². The standard InChI is InChI=1S/C29H24N8O/c30-15-19-1-4-27-21(13-19)6-10-36(27)29-32-17-25(22-16-33-37(18-22)24-7-11-38-12-8-24)28(35-29)34-23-2-3-26-20(14-23)5-9-31-26/h1-6,9-10,13-14,16-18,24,31H,7-8,11-12H2,(H,32,34,35). The lowest BCUT2D eigenvalue weighted by Gasteiger charge is -2.22. The van der Waals surface area contributed by atoms with Crippen LogP contribution in [0.15, 0.2) is 79.5 Å². The van der Waals surface area contributed by atoms with Crippen LogP contribution in [-0.2, 0) is 4.74 Å². The van der Waals surface area contributed by atoms with Gasteiger partial charge in [-0.05, 0) is 61.4 Å². The van der Waals surface area contributed by atoms with E-state index in [0.717, 1.165) is 64.7 Å². The maximum absolute atomic E-state index is 9.27. The molecule has 2 N–H and O–H groups in total. The molecule has 0 aliphatic carbocycles. The third kappa shape index (κ3) is 3.97. The van der Waals surface area contributed by atoms with Crippen LogP contribution in [0.1, 0.15) is 24.4 Å². The molecule has 38 heavy (non-hydrogen) atoms. The number of rotatable bonds is 5. The highest BCUT2D eigenvalue weighted by molar-refractivity contribution is 5.86. The molecule has 4 aromatic heterocycles. The van der Waals surface area contributed by atoms with E-state index in [-0.39, 0.29) is 0 Å². The molecule has 5 heterocycles. The summed E-state index contributed by atoms with van der Waals surface area (Å²) < 4.78 is 9.50. The number of nitriles is 1. The number of H-pyrrole nitrogens is 1. The number of hydrogen-bond donors (Lipinski definition) is 2. The maximum atomic E-state index is 9.27. The first-order valence-electron chi connectivity index (χ1n) is 12.6. The van der Waals surface area contributed by atoms with Crippen molar-refractivity contribution in [1.29, 1.82) is 5.26 Å². The fourth-order valence-corrected chi connectivity index (χ4v) is 5.08. The molecule has 9 heteroatoms. The van der Waals surface area contributed by atoms with Crippen molar-refractivity contribution >= 4 is 33.3 Å². The van der Waals surface area contributed by atoms with Gasteiger partial charge in [0.1, 0.15) is 5.82 Å². The van der Waals surface area contributed by atoms with Crippen LogP contribution >= 0.6 is 0 Å². The van der Waals surface area contributed by atoms with Crippen LogP contribution in [0.2, 0.25) is 0 Å². The first kappa shape index (κ1) is 22.3. The Morgan fingerprint density at radius 3 is 2.84 bits per heavy atom. The van der Waals surface area contributed by atoms with Crippen molar-refractivity contribution in [2.24, 2.45) is 0 Å². The summed E-state index contributed by atoms with van der Waals surface area (Å²) >= 11 is 0. The largest absolute Gasteiger partial charge is 0.381 e. The Morgan fingerprint density at radius 1 is 1.03 bits per heavy atom. The highest BCUT2D eigenvalue weighted by Gasteiger charge is 2.19. The first-order valence-corrected chi connectivity index (χ1v) is 12.6. The van der Waals surface area contributed by atoms with Crippen LogP contribution in [0.5, 0.6) is 0 Å². The maximum Gasteiger partial charge on any atom is 0.236 e. The van der Waals surface area contributed by atoms with Gasteiger partial charge in [-0.3, -0.25) is 9.25 Å². The highest BCUT2D eigenvalue weighted by atomic mass is 16.5. The molecule has 0 spiro atoms. The lowest BCUT2D eigenvalue weighted by atomic mass is 10.1. The zero-order valence-corrected chi connectivity index (χ0v) is 20.5. The topological polar surface area (TPSA) is 109 Å². The zero-order chi connectivity index (χ0) is 25.5. The van der Waals surface area contributed by atoms with E-state index < -0.39 is 0 Å². The van der Waals surface area contributed by atoms with E-state index in [4.69, 9.17) is 14.7 Å². The third-order valence-electron chi connectivity index (χ3n) is 7.10. The molecule has 0 atom stereocenters. The van der Waals surface area contributed by atoms with E-state index in [2.05, 4.69) is 39.8 Å². The summed E-state index contributed by atoms with van der Waals surface area (Å²) in [5, 5.41) is 19.5. The summed E-state index contributed by atoms with van der Waals surface area (Å²) in [4.78, 5) is 13.0. The molecule has 1 aliphatic rings. The van der Waals surface area contributed by atoms with Crippen molar-refractivity contribution in [3.63, 3.8) is 0 Å². The molecule has 9 nitrogen and oxygen atoms in total.